The van der Waals surface area contributed by atoms with E-state index in [1.54, 1.807) is 36.3 Å². The van der Waals surface area contributed by atoms with Crippen LogP contribution >= 0.6 is 0 Å². The van der Waals surface area contributed by atoms with Gasteiger partial charge >= 0.3 is 0 Å². The van der Waals surface area contributed by atoms with Crippen molar-refractivity contribution in [2.75, 3.05) is 42.7 Å². The average molecular weight is 383 g/mol. The Morgan fingerprint density at radius 3 is 2.82 bits per heavy atom. The minimum Gasteiger partial charge on any atom is -0.357 e. The topological polar surface area (TPSA) is 117 Å². The first-order valence-corrected chi connectivity index (χ1v) is 9.17. The summed E-state index contributed by atoms with van der Waals surface area (Å²) in [4.78, 5) is 34.1. The molecule has 0 aliphatic carbocycles. The number of pyridine rings is 1. The lowest BCUT2D eigenvalue weighted by atomic mass is 10.3. The lowest BCUT2D eigenvalue weighted by molar-refractivity contribution is 0.637. The average Bonchev–Trinajstić information content (AvgIpc) is 3.24. The third-order valence-electron chi connectivity index (χ3n) is 4.22. The smallest absolute Gasteiger partial charge is 0.250 e. The maximum atomic E-state index is 11.7. The molecular weight excluding hydrogens is 358 g/mol. The molecule has 10 heteroatoms. The number of H-pyrrole nitrogens is 1. The van der Waals surface area contributed by atoms with Crippen LogP contribution in [-0.2, 0) is 13.0 Å². The van der Waals surface area contributed by atoms with Crippen LogP contribution in [0.5, 0.6) is 0 Å². The van der Waals surface area contributed by atoms with Gasteiger partial charge in [0.05, 0.1) is 6.33 Å². The van der Waals surface area contributed by atoms with Crippen molar-refractivity contribution in [3.63, 3.8) is 0 Å². The van der Waals surface area contributed by atoms with Gasteiger partial charge in [-0.05, 0) is 12.5 Å². The third kappa shape index (κ3) is 5.29. The van der Waals surface area contributed by atoms with Crippen LogP contribution in [0.2, 0.25) is 0 Å². The molecule has 3 heterocycles. The molecule has 0 amide bonds. The van der Waals surface area contributed by atoms with Crippen LogP contribution in [0.3, 0.4) is 0 Å². The van der Waals surface area contributed by atoms with Gasteiger partial charge in [-0.2, -0.15) is 15.0 Å². The third-order valence-corrected chi connectivity index (χ3v) is 4.22. The maximum Gasteiger partial charge on any atom is 0.250 e. The molecule has 28 heavy (non-hydrogen) atoms. The first-order valence-electron chi connectivity index (χ1n) is 9.17. The van der Waals surface area contributed by atoms with Crippen LogP contribution in [0.25, 0.3) is 0 Å². The molecule has 0 unspecified atom stereocenters. The molecule has 10 nitrogen and oxygen atoms in total. The van der Waals surface area contributed by atoms with Crippen LogP contribution in [-0.4, -0.2) is 56.7 Å². The molecule has 0 aromatic carbocycles. The number of likely N-dealkylation sites (N-methyl/N-ethyl adjacent to an activating group) is 1. The molecule has 0 atom stereocenters. The molecule has 3 aromatic rings. The van der Waals surface area contributed by atoms with Crippen molar-refractivity contribution in [3.05, 3.63) is 53.0 Å². The highest BCUT2D eigenvalue weighted by molar-refractivity contribution is 5.43. The van der Waals surface area contributed by atoms with E-state index >= 15 is 0 Å². The van der Waals surface area contributed by atoms with Crippen LogP contribution in [0.4, 0.5) is 17.8 Å². The van der Waals surface area contributed by atoms with Gasteiger partial charge in [-0.15, -0.1) is 0 Å². The lowest BCUT2D eigenvalue weighted by Gasteiger charge is -2.18. The minimum absolute atomic E-state index is 0.00121. The van der Waals surface area contributed by atoms with E-state index < -0.39 is 0 Å². The predicted octanol–water partition coefficient (Wildman–Crippen LogP) is 0.979. The number of nitrogens with zero attached hydrogens (tertiary/aromatic N) is 6. The zero-order chi connectivity index (χ0) is 19.8. The van der Waals surface area contributed by atoms with E-state index in [1.807, 2.05) is 24.2 Å². The van der Waals surface area contributed by atoms with E-state index in [1.165, 1.54) is 0 Å². The second-order valence-electron chi connectivity index (χ2n) is 6.29. The van der Waals surface area contributed by atoms with E-state index in [9.17, 15) is 4.79 Å². The fraction of sp³-hybridized carbons (Fsp3) is 0.389. The Balaban J connectivity index is 1.57. The molecule has 3 N–H and O–H groups in total. The second-order valence-corrected chi connectivity index (χ2v) is 6.29. The molecule has 3 aromatic heterocycles. The molecule has 0 bridgehead atoms. The SMILES string of the molecule is CNc1nc(NCCCn2ccccc2=O)nc(N(C)CCc2cnc[nH]2)n1. The summed E-state index contributed by atoms with van der Waals surface area (Å²) < 4.78 is 1.68. The van der Waals surface area contributed by atoms with Gasteiger partial charge in [0.2, 0.25) is 23.4 Å². The largest absolute Gasteiger partial charge is 0.357 e. The van der Waals surface area contributed by atoms with Gasteiger partial charge < -0.3 is 25.1 Å². The van der Waals surface area contributed by atoms with E-state index in [0.29, 0.717) is 30.9 Å². The maximum absolute atomic E-state index is 11.7. The quantitative estimate of drug-likeness (QED) is 0.444. The van der Waals surface area contributed by atoms with Gasteiger partial charge in [0.1, 0.15) is 0 Å². The zero-order valence-corrected chi connectivity index (χ0v) is 16.1. The van der Waals surface area contributed by atoms with Gasteiger partial charge in [-0.1, -0.05) is 6.07 Å². The molecule has 0 aliphatic rings. The van der Waals surface area contributed by atoms with Crippen molar-refractivity contribution < 1.29 is 0 Å². The predicted molar refractivity (Wildman–Crippen MR) is 109 cm³/mol. The number of imidazole rings is 1. The van der Waals surface area contributed by atoms with Gasteiger partial charge in [0.15, 0.2) is 0 Å². The van der Waals surface area contributed by atoms with E-state index in [2.05, 4.69) is 35.6 Å². The fourth-order valence-electron chi connectivity index (χ4n) is 2.63. The molecule has 0 fully saturated rings. The highest BCUT2D eigenvalue weighted by Gasteiger charge is 2.10. The van der Waals surface area contributed by atoms with Gasteiger partial charge in [-0.3, -0.25) is 4.79 Å². The minimum atomic E-state index is 0.00121. The van der Waals surface area contributed by atoms with E-state index in [4.69, 9.17) is 0 Å². The summed E-state index contributed by atoms with van der Waals surface area (Å²) in [6.07, 6.45) is 6.85. The first-order chi connectivity index (χ1) is 13.7. The number of hydrogen-bond acceptors (Lipinski definition) is 8. The molecule has 148 valence electrons. The van der Waals surface area contributed by atoms with Crippen molar-refractivity contribution in [1.29, 1.82) is 0 Å². The second kappa shape index (κ2) is 9.49. The lowest BCUT2D eigenvalue weighted by Crippen LogP contribution is -2.24. The molecule has 0 spiro atoms. The van der Waals surface area contributed by atoms with Crippen molar-refractivity contribution >= 4 is 17.8 Å². The summed E-state index contributed by atoms with van der Waals surface area (Å²) in [5.41, 5.74) is 1.06. The van der Waals surface area contributed by atoms with Gasteiger partial charge in [0, 0.05) is 64.3 Å². The zero-order valence-electron chi connectivity index (χ0n) is 16.1. The van der Waals surface area contributed by atoms with Crippen LogP contribution in [0.1, 0.15) is 12.1 Å². The molecule has 0 radical (unpaired) electrons. The molecule has 0 saturated carbocycles. The summed E-state index contributed by atoms with van der Waals surface area (Å²) in [7, 11) is 3.71. The Morgan fingerprint density at radius 2 is 2.07 bits per heavy atom. The Bertz CT molecular complexity index is 923. The molecule has 0 saturated heterocycles. The van der Waals surface area contributed by atoms with Crippen molar-refractivity contribution in [1.82, 2.24) is 29.5 Å². The number of aromatic amines is 1. The van der Waals surface area contributed by atoms with Crippen molar-refractivity contribution in [3.8, 4) is 0 Å². The van der Waals surface area contributed by atoms with Crippen LogP contribution in [0.15, 0.2) is 41.7 Å². The van der Waals surface area contributed by atoms with E-state index in [-0.39, 0.29) is 5.56 Å². The fourth-order valence-corrected chi connectivity index (χ4v) is 2.63. The number of anilines is 3. The van der Waals surface area contributed by atoms with Gasteiger partial charge in [0.25, 0.3) is 0 Å². The summed E-state index contributed by atoms with van der Waals surface area (Å²) in [6.45, 7) is 2.02. The number of aromatic nitrogens is 6. The Kier molecular flexibility index (Phi) is 6.55. The van der Waals surface area contributed by atoms with Crippen LogP contribution in [0, 0.1) is 0 Å². The number of rotatable bonds is 10. The van der Waals surface area contributed by atoms with E-state index in [0.717, 1.165) is 25.1 Å². The van der Waals surface area contributed by atoms with Gasteiger partial charge in [-0.25, -0.2) is 4.98 Å². The number of hydrogen-bond donors (Lipinski definition) is 3. The Morgan fingerprint density at radius 1 is 1.21 bits per heavy atom. The summed E-state index contributed by atoms with van der Waals surface area (Å²) >= 11 is 0. The molecular formula is C18H25N9O. The standard InChI is InChI=1S/C18H25N9O/c1-19-16-23-17(21-8-5-10-27-9-4-3-6-15(27)28)25-18(24-16)26(2)11-7-14-12-20-13-22-14/h3-4,6,9,12-13H,5,7-8,10-11H2,1-2H3,(H,20,22)(H2,19,21,23,24,25). The summed E-state index contributed by atoms with van der Waals surface area (Å²) in [6, 6.07) is 5.15. The summed E-state index contributed by atoms with van der Waals surface area (Å²) in [5.74, 6) is 1.59. The molecule has 0 aliphatic heterocycles. The Labute approximate surface area is 163 Å². The Hall–Kier alpha value is -3.43. The van der Waals surface area contributed by atoms with Crippen molar-refractivity contribution in [2.24, 2.45) is 0 Å². The highest BCUT2D eigenvalue weighted by atomic mass is 16.1. The van der Waals surface area contributed by atoms with Crippen molar-refractivity contribution in [2.45, 2.75) is 19.4 Å². The highest BCUT2D eigenvalue weighted by Crippen LogP contribution is 2.12. The normalized spacial score (nSPS) is 10.6. The van der Waals surface area contributed by atoms with Crippen LogP contribution < -0.4 is 21.1 Å². The summed E-state index contributed by atoms with van der Waals surface area (Å²) in [5, 5.41) is 6.18. The first kappa shape index (κ1) is 19.3. The molecule has 3 rings (SSSR count). The number of nitrogens with one attached hydrogen (secondary N) is 3. The monoisotopic (exact) mass is 383 g/mol. The number of aryl methyl sites for hydroxylation is 1.